The number of nitrogens with zero attached hydrogens (tertiary/aromatic N) is 1. The van der Waals surface area contributed by atoms with Crippen molar-refractivity contribution in [2.45, 2.75) is 27.7 Å². The van der Waals surface area contributed by atoms with Crippen molar-refractivity contribution in [2.24, 2.45) is 0 Å². The molecule has 0 spiro atoms. The van der Waals surface area contributed by atoms with Crippen LogP contribution in [0.25, 0.3) is 22.2 Å². The number of fused-ring (bicyclic) bond motifs is 1. The summed E-state index contributed by atoms with van der Waals surface area (Å²) in [7, 11) is 0. The average molecular weight is 497 g/mol. The number of hydrogen-bond acceptors (Lipinski definition) is 6. The van der Waals surface area contributed by atoms with E-state index in [1.165, 1.54) is 23.8 Å². The number of para-hydroxylation sites is 1. The molecule has 0 aliphatic carbocycles. The Morgan fingerprint density at radius 3 is 2.05 bits per heavy atom. The van der Waals surface area contributed by atoms with Gasteiger partial charge in [-0.25, -0.2) is 14.6 Å². The number of amides is 1. The summed E-state index contributed by atoms with van der Waals surface area (Å²) in [6, 6.07) is 19.6. The lowest BCUT2D eigenvalue weighted by Crippen LogP contribution is -2.15. The van der Waals surface area contributed by atoms with Crippen LogP contribution in [0.15, 0.2) is 66.7 Å². The Labute approximate surface area is 215 Å². The molecule has 0 radical (unpaired) electrons. The summed E-state index contributed by atoms with van der Waals surface area (Å²) >= 11 is 0. The van der Waals surface area contributed by atoms with E-state index in [1.54, 1.807) is 19.9 Å². The molecule has 1 amide bonds. The molecule has 1 N–H and O–H groups in total. The van der Waals surface area contributed by atoms with Gasteiger partial charge in [-0.1, -0.05) is 30.3 Å². The first-order chi connectivity index (χ1) is 17.8. The lowest BCUT2D eigenvalue weighted by molar-refractivity contribution is 0.0525. The number of carbonyl (C=O) groups excluding carboxylic acids is 3. The van der Waals surface area contributed by atoms with Crippen LogP contribution in [0.5, 0.6) is 0 Å². The summed E-state index contributed by atoms with van der Waals surface area (Å²) in [5.41, 5.74) is 5.50. The smallest absolute Gasteiger partial charge is 0.338 e. The molecule has 188 valence electrons. The molecule has 7 heteroatoms. The Kier molecular flexibility index (Phi) is 7.63. The minimum absolute atomic E-state index is 0.137. The molecular weight excluding hydrogens is 468 g/mol. The van der Waals surface area contributed by atoms with Gasteiger partial charge in [0.25, 0.3) is 5.91 Å². The molecule has 0 saturated heterocycles. The number of pyridine rings is 1. The highest BCUT2D eigenvalue weighted by Crippen LogP contribution is 2.27. The van der Waals surface area contributed by atoms with Crippen LogP contribution >= 0.6 is 0 Å². The van der Waals surface area contributed by atoms with Crippen LogP contribution < -0.4 is 5.32 Å². The Bertz CT molecular complexity index is 1470. The third-order valence-corrected chi connectivity index (χ3v) is 5.98. The molecule has 0 fully saturated rings. The monoisotopic (exact) mass is 496 g/mol. The zero-order valence-electron chi connectivity index (χ0n) is 21.3. The Hall–Kier alpha value is -4.52. The van der Waals surface area contributed by atoms with Gasteiger partial charge in [0.15, 0.2) is 0 Å². The fraction of sp³-hybridized carbons (Fsp3) is 0.200. The summed E-state index contributed by atoms with van der Waals surface area (Å²) in [5, 5.41) is 3.52. The van der Waals surface area contributed by atoms with Gasteiger partial charge in [0.05, 0.1) is 41.1 Å². The normalized spacial score (nSPS) is 10.7. The van der Waals surface area contributed by atoms with Gasteiger partial charge in [-0.2, -0.15) is 0 Å². The zero-order valence-corrected chi connectivity index (χ0v) is 21.3. The second-order valence-electron chi connectivity index (χ2n) is 8.57. The van der Waals surface area contributed by atoms with Crippen LogP contribution in [-0.2, 0) is 9.47 Å². The quantitative estimate of drug-likeness (QED) is 0.310. The van der Waals surface area contributed by atoms with Gasteiger partial charge in [-0.05, 0) is 75.2 Å². The number of ether oxygens (including phenoxy) is 2. The summed E-state index contributed by atoms with van der Waals surface area (Å²) < 4.78 is 10.2. The maximum absolute atomic E-state index is 13.6. The van der Waals surface area contributed by atoms with E-state index in [0.29, 0.717) is 22.2 Å². The Morgan fingerprint density at radius 2 is 1.43 bits per heavy atom. The van der Waals surface area contributed by atoms with E-state index in [1.807, 2.05) is 56.3 Å². The predicted molar refractivity (Wildman–Crippen MR) is 143 cm³/mol. The highest BCUT2D eigenvalue weighted by Gasteiger charge is 2.18. The van der Waals surface area contributed by atoms with Crippen LogP contribution in [0, 0.1) is 13.8 Å². The van der Waals surface area contributed by atoms with Crippen molar-refractivity contribution in [1.29, 1.82) is 0 Å². The Balaban J connectivity index is 1.77. The lowest BCUT2D eigenvalue weighted by Gasteiger charge is -2.13. The maximum atomic E-state index is 13.6. The first kappa shape index (κ1) is 25.6. The van der Waals surface area contributed by atoms with Crippen LogP contribution in [0.4, 0.5) is 5.69 Å². The molecule has 3 aromatic carbocycles. The number of nitrogens with one attached hydrogen (secondary N) is 1. The SMILES string of the molecule is CCOC(=O)c1cc(NC(=O)c2cc(-c3ccc(C)c(C)c3)nc3ccccc23)cc(C(=O)OCC)c1. The minimum atomic E-state index is -0.601. The summed E-state index contributed by atoms with van der Waals surface area (Å²) in [6.07, 6.45) is 0. The first-order valence-corrected chi connectivity index (χ1v) is 12.1. The number of carbonyl (C=O) groups is 3. The van der Waals surface area contributed by atoms with Crippen molar-refractivity contribution < 1.29 is 23.9 Å². The zero-order chi connectivity index (χ0) is 26.5. The van der Waals surface area contributed by atoms with E-state index in [2.05, 4.69) is 5.32 Å². The third-order valence-electron chi connectivity index (χ3n) is 5.98. The Morgan fingerprint density at radius 1 is 0.784 bits per heavy atom. The second-order valence-corrected chi connectivity index (χ2v) is 8.57. The summed E-state index contributed by atoms with van der Waals surface area (Å²) in [5.74, 6) is -1.61. The highest BCUT2D eigenvalue weighted by atomic mass is 16.5. The van der Waals surface area contributed by atoms with Gasteiger partial charge in [-0.15, -0.1) is 0 Å². The van der Waals surface area contributed by atoms with Gasteiger partial charge in [0.2, 0.25) is 0 Å². The van der Waals surface area contributed by atoms with E-state index in [9.17, 15) is 14.4 Å². The van der Waals surface area contributed by atoms with Crippen molar-refractivity contribution in [3.63, 3.8) is 0 Å². The van der Waals surface area contributed by atoms with Crippen LogP contribution in [0.3, 0.4) is 0 Å². The molecule has 1 aromatic heterocycles. The van der Waals surface area contributed by atoms with Crippen molar-refractivity contribution in [2.75, 3.05) is 18.5 Å². The number of benzene rings is 3. The lowest BCUT2D eigenvalue weighted by atomic mass is 10.0. The van der Waals surface area contributed by atoms with E-state index >= 15 is 0 Å². The van der Waals surface area contributed by atoms with Crippen LogP contribution in [-0.4, -0.2) is 36.0 Å². The van der Waals surface area contributed by atoms with Gasteiger partial charge in [-0.3, -0.25) is 4.79 Å². The number of rotatable bonds is 7. The van der Waals surface area contributed by atoms with Crippen molar-refractivity contribution in [3.05, 3.63) is 94.5 Å². The van der Waals surface area contributed by atoms with E-state index < -0.39 is 17.8 Å². The average Bonchev–Trinajstić information content (AvgIpc) is 2.89. The van der Waals surface area contributed by atoms with Crippen LogP contribution in [0.2, 0.25) is 0 Å². The van der Waals surface area contributed by atoms with Gasteiger partial charge in [0.1, 0.15) is 0 Å². The standard InChI is InChI=1S/C30H28N2O5/c1-5-36-29(34)21-14-22(30(35)37-6-2)16-23(15-21)31-28(33)25-17-27(20-12-11-18(3)19(4)13-20)32-26-10-8-7-9-24(25)26/h7-17H,5-6H2,1-4H3,(H,31,33). The second kappa shape index (κ2) is 11.0. The summed E-state index contributed by atoms with van der Waals surface area (Å²) in [6.45, 7) is 7.81. The number of hydrogen-bond donors (Lipinski definition) is 1. The van der Waals surface area contributed by atoms with Crippen molar-refractivity contribution in [3.8, 4) is 11.3 Å². The van der Waals surface area contributed by atoms with E-state index in [0.717, 1.165) is 11.1 Å². The first-order valence-electron chi connectivity index (χ1n) is 12.1. The molecule has 0 unspecified atom stereocenters. The van der Waals surface area contributed by atoms with Gasteiger partial charge in [0, 0.05) is 16.6 Å². The fourth-order valence-electron chi connectivity index (χ4n) is 3.97. The van der Waals surface area contributed by atoms with Gasteiger partial charge >= 0.3 is 11.9 Å². The van der Waals surface area contributed by atoms with Gasteiger partial charge < -0.3 is 14.8 Å². The predicted octanol–water partition coefficient (Wildman–Crippen LogP) is 6.12. The molecule has 0 atom stereocenters. The highest BCUT2D eigenvalue weighted by molar-refractivity contribution is 6.13. The topological polar surface area (TPSA) is 94.6 Å². The molecule has 37 heavy (non-hydrogen) atoms. The van der Waals surface area contributed by atoms with Crippen molar-refractivity contribution in [1.82, 2.24) is 4.98 Å². The molecular formula is C30H28N2O5. The molecule has 0 saturated carbocycles. The van der Waals surface area contributed by atoms with Crippen LogP contribution in [0.1, 0.15) is 56.0 Å². The number of aromatic nitrogens is 1. The number of anilines is 1. The summed E-state index contributed by atoms with van der Waals surface area (Å²) in [4.78, 5) is 43.2. The number of aryl methyl sites for hydroxylation is 2. The van der Waals surface area contributed by atoms with E-state index in [4.69, 9.17) is 14.5 Å². The van der Waals surface area contributed by atoms with E-state index in [-0.39, 0.29) is 30.0 Å². The molecule has 0 aliphatic rings. The molecule has 4 rings (SSSR count). The molecule has 7 nitrogen and oxygen atoms in total. The minimum Gasteiger partial charge on any atom is -0.462 e. The molecule has 0 aliphatic heterocycles. The van der Waals surface area contributed by atoms with Crippen molar-refractivity contribution >= 4 is 34.4 Å². The molecule has 1 heterocycles. The molecule has 0 bridgehead atoms. The number of esters is 2. The largest absolute Gasteiger partial charge is 0.462 e. The molecule has 4 aromatic rings. The third kappa shape index (κ3) is 5.67. The fourth-order valence-corrected chi connectivity index (χ4v) is 3.97. The maximum Gasteiger partial charge on any atom is 0.338 e.